The number of aromatic nitrogens is 2. The summed E-state index contributed by atoms with van der Waals surface area (Å²) in [5, 5.41) is 8.36. The zero-order chi connectivity index (χ0) is 13.8. The van der Waals surface area contributed by atoms with E-state index in [9.17, 15) is 4.79 Å². The van der Waals surface area contributed by atoms with Gasteiger partial charge < -0.3 is 4.90 Å². The number of carbonyl (C=O) groups is 1. The molecule has 4 nitrogen and oxygen atoms in total. The van der Waals surface area contributed by atoms with Crippen LogP contribution in [0.2, 0.25) is 0 Å². The third kappa shape index (κ3) is 3.38. The number of hydrogen-bond acceptors (Lipinski definition) is 4. The van der Waals surface area contributed by atoms with Gasteiger partial charge in [0.1, 0.15) is 5.78 Å². The van der Waals surface area contributed by atoms with Gasteiger partial charge in [-0.3, -0.25) is 4.79 Å². The maximum Gasteiger partial charge on any atom is 0.151 e. The Kier molecular flexibility index (Phi) is 4.27. The van der Waals surface area contributed by atoms with Gasteiger partial charge in [-0.05, 0) is 25.1 Å². The molecule has 0 saturated carbocycles. The number of rotatable bonds is 4. The SMILES string of the molecule is CC(=O)CN(C)c1ccc(-c2ccccc2Br)nn1. The minimum atomic E-state index is 0.0965. The molecule has 0 fully saturated rings. The number of benzene rings is 1. The molecule has 2 rings (SSSR count). The Morgan fingerprint density at radius 3 is 2.53 bits per heavy atom. The van der Waals surface area contributed by atoms with Gasteiger partial charge in [0.25, 0.3) is 0 Å². The lowest BCUT2D eigenvalue weighted by Gasteiger charge is -2.15. The Hall–Kier alpha value is -1.75. The normalized spacial score (nSPS) is 10.3. The van der Waals surface area contributed by atoms with Gasteiger partial charge in [-0.15, -0.1) is 10.2 Å². The molecule has 0 radical (unpaired) electrons. The van der Waals surface area contributed by atoms with Crippen molar-refractivity contribution in [3.8, 4) is 11.3 Å². The summed E-state index contributed by atoms with van der Waals surface area (Å²) in [6, 6.07) is 11.6. The summed E-state index contributed by atoms with van der Waals surface area (Å²) in [6.07, 6.45) is 0. The van der Waals surface area contributed by atoms with Crippen molar-refractivity contribution in [2.45, 2.75) is 6.92 Å². The summed E-state index contributed by atoms with van der Waals surface area (Å²) >= 11 is 3.49. The van der Waals surface area contributed by atoms with Gasteiger partial charge in [0.2, 0.25) is 0 Å². The van der Waals surface area contributed by atoms with Crippen LogP contribution in [0, 0.1) is 0 Å². The van der Waals surface area contributed by atoms with E-state index in [0.717, 1.165) is 15.7 Å². The zero-order valence-electron chi connectivity index (χ0n) is 10.8. The van der Waals surface area contributed by atoms with Crippen LogP contribution < -0.4 is 4.90 Å². The predicted molar refractivity (Wildman–Crippen MR) is 79.1 cm³/mol. The van der Waals surface area contributed by atoms with Crippen LogP contribution in [0.25, 0.3) is 11.3 Å². The molecule has 0 N–H and O–H groups in total. The first-order valence-corrected chi connectivity index (χ1v) is 6.66. The molecule has 0 aliphatic carbocycles. The topological polar surface area (TPSA) is 46.1 Å². The molecule has 19 heavy (non-hydrogen) atoms. The van der Waals surface area contributed by atoms with Crippen LogP contribution in [0.4, 0.5) is 5.82 Å². The van der Waals surface area contributed by atoms with Crippen molar-refractivity contribution in [3.63, 3.8) is 0 Å². The van der Waals surface area contributed by atoms with E-state index in [-0.39, 0.29) is 5.78 Å². The minimum Gasteiger partial charge on any atom is -0.351 e. The molecule has 0 bridgehead atoms. The van der Waals surface area contributed by atoms with E-state index < -0.39 is 0 Å². The van der Waals surface area contributed by atoms with Crippen LogP contribution in [-0.4, -0.2) is 29.6 Å². The number of nitrogens with zero attached hydrogens (tertiary/aromatic N) is 3. The molecule has 0 spiro atoms. The molecule has 0 aliphatic rings. The fourth-order valence-corrected chi connectivity index (χ4v) is 2.24. The van der Waals surface area contributed by atoms with Gasteiger partial charge >= 0.3 is 0 Å². The quantitative estimate of drug-likeness (QED) is 0.869. The Bertz CT molecular complexity index is 583. The number of halogens is 1. The van der Waals surface area contributed by atoms with Crippen molar-refractivity contribution in [2.24, 2.45) is 0 Å². The van der Waals surface area contributed by atoms with E-state index in [1.807, 2.05) is 43.4 Å². The summed E-state index contributed by atoms with van der Waals surface area (Å²) in [5.74, 6) is 0.783. The summed E-state index contributed by atoms with van der Waals surface area (Å²) in [6.45, 7) is 1.89. The number of carbonyl (C=O) groups excluding carboxylic acids is 1. The van der Waals surface area contributed by atoms with Crippen molar-refractivity contribution < 1.29 is 4.79 Å². The van der Waals surface area contributed by atoms with Gasteiger partial charge in [-0.2, -0.15) is 0 Å². The van der Waals surface area contributed by atoms with Crippen LogP contribution in [0.1, 0.15) is 6.92 Å². The average molecular weight is 320 g/mol. The third-order valence-corrected chi connectivity index (χ3v) is 3.34. The van der Waals surface area contributed by atoms with Crippen LogP contribution in [0.3, 0.4) is 0 Å². The highest BCUT2D eigenvalue weighted by Crippen LogP contribution is 2.26. The second-order valence-corrected chi connectivity index (χ2v) is 5.17. The fourth-order valence-electron chi connectivity index (χ4n) is 1.76. The molecule has 0 aliphatic heterocycles. The molecule has 0 amide bonds. The van der Waals surface area contributed by atoms with E-state index in [0.29, 0.717) is 12.4 Å². The third-order valence-electron chi connectivity index (χ3n) is 2.65. The van der Waals surface area contributed by atoms with E-state index in [4.69, 9.17) is 0 Å². The number of anilines is 1. The lowest BCUT2D eigenvalue weighted by Crippen LogP contribution is -2.24. The van der Waals surface area contributed by atoms with Crippen molar-refractivity contribution in [1.29, 1.82) is 0 Å². The van der Waals surface area contributed by atoms with Gasteiger partial charge in [-0.25, -0.2) is 0 Å². The highest BCUT2D eigenvalue weighted by atomic mass is 79.9. The van der Waals surface area contributed by atoms with Crippen molar-refractivity contribution >= 4 is 27.5 Å². The minimum absolute atomic E-state index is 0.0965. The van der Waals surface area contributed by atoms with E-state index in [2.05, 4.69) is 26.1 Å². The zero-order valence-corrected chi connectivity index (χ0v) is 12.4. The Labute approximate surface area is 120 Å². The highest BCUT2D eigenvalue weighted by Gasteiger charge is 2.08. The van der Waals surface area contributed by atoms with Gasteiger partial charge in [0.05, 0.1) is 12.2 Å². The van der Waals surface area contributed by atoms with E-state index in [1.54, 1.807) is 11.8 Å². The van der Waals surface area contributed by atoms with E-state index in [1.165, 1.54) is 0 Å². The molecule has 2 aromatic rings. The summed E-state index contributed by atoms with van der Waals surface area (Å²) in [4.78, 5) is 12.8. The average Bonchev–Trinajstić information content (AvgIpc) is 2.39. The molecular formula is C14H14BrN3O. The van der Waals surface area contributed by atoms with Crippen LogP contribution in [0.15, 0.2) is 40.9 Å². The highest BCUT2D eigenvalue weighted by molar-refractivity contribution is 9.10. The van der Waals surface area contributed by atoms with Crippen molar-refractivity contribution in [1.82, 2.24) is 10.2 Å². The molecule has 0 atom stereocenters. The summed E-state index contributed by atoms with van der Waals surface area (Å²) < 4.78 is 0.981. The molecule has 98 valence electrons. The van der Waals surface area contributed by atoms with E-state index >= 15 is 0 Å². The lowest BCUT2D eigenvalue weighted by molar-refractivity contribution is -0.115. The summed E-state index contributed by atoms with van der Waals surface area (Å²) in [5.41, 5.74) is 1.79. The maximum atomic E-state index is 11.1. The van der Waals surface area contributed by atoms with Crippen LogP contribution in [-0.2, 0) is 4.79 Å². The summed E-state index contributed by atoms with van der Waals surface area (Å²) in [7, 11) is 1.82. The monoisotopic (exact) mass is 319 g/mol. The Morgan fingerprint density at radius 2 is 1.95 bits per heavy atom. The van der Waals surface area contributed by atoms with Crippen molar-refractivity contribution in [2.75, 3.05) is 18.5 Å². The van der Waals surface area contributed by atoms with Crippen molar-refractivity contribution in [3.05, 3.63) is 40.9 Å². The molecule has 0 saturated heterocycles. The standard InChI is InChI=1S/C14H14BrN3O/c1-10(19)9-18(2)14-8-7-13(16-17-14)11-5-3-4-6-12(11)15/h3-8H,9H2,1-2H3. The molecular weight excluding hydrogens is 306 g/mol. The second-order valence-electron chi connectivity index (χ2n) is 4.31. The smallest absolute Gasteiger partial charge is 0.151 e. The molecule has 1 heterocycles. The maximum absolute atomic E-state index is 11.1. The number of hydrogen-bond donors (Lipinski definition) is 0. The predicted octanol–water partition coefficient (Wildman–Crippen LogP) is 2.93. The van der Waals surface area contributed by atoms with Gasteiger partial charge in [0, 0.05) is 17.1 Å². The first-order valence-electron chi connectivity index (χ1n) is 5.87. The largest absolute Gasteiger partial charge is 0.351 e. The first kappa shape index (κ1) is 13.7. The fraction of sp³-hybridized carbons (Fsp3) is 0.214. The Balaban J connectivity index is 2.24. The number of Topliss-reactive ketones (excluding diaryl/α,β-unsaturated/α-hetero) is 1. The molecule has 0 unspecified atom stereocenters. The number of ketones is 1. The van der Waals surface area contributed by atoms with Crippen LogP contribution >= 0.6 is 15.9 Å². The second kappa shape index (κ2) is 5.93. The lowest BCUT2D eigenvalue weighted by atomic mass is 10.1. The molecule has 1 aromatic carbocycles. The van der Waals surface area contributed by atoms with Crippen LogP contribution in [0.5, 0.6) is 0 Å². The number of likely N-dealkylation sites (N-methyl/N-ethyl adjacent to an activating group) is 1. The van der Waals surface area contributed by atoms with Gasteiger partial charge in [0.15, 0.2) is 5.82 Å². The Morgan fingerprint density at radius 1 is 1.21 bits per heavy atom. The first-order chi connectivity index (χ1) is 9.08. The molecule has 5 heteroatoms. The molecule has 1 aromatic heterocycles. The van der Waals surface area contributed by atoms with Gasteiger partial charge in [-0.1, -0.05) is 34.1 Å².